The number of anilines is 1. The lowest BCUT2D eigenvalue weighted by atomic mass is 9.78. The van der Waals surface area contributed by atoms with Crippen LogP contribution < -0.4 is 9.64 Å². The molecule has 2 aromatic carbocycles. The molecule has 2 aliphatic carbocycles. The second-order valence-electron chi connectivity index (χ2n) is 13.6. The quantitative estimate of drug-likeness (QED) is 0.205. The van der Waals surface area contributed by atoms with Gasteiger partial charge in [-0.1, -0.05) is 32.9 Å². The lowest BCUT2D eigenvalue weighted by molar-refractivity contribution is -0.124. The van der Waals surface area contributed by atoms with Crippen molar-refractivity contribution >= 4 is 42.5 Å². The van der Waals surface area contributed by atoms with Crippen LogP contribution in [-0.2, 0) is 9.22 Å². The highest BCUT2D eigenvalue weighted by molar-refractivity contribution is 14.1. The number of ether oxygens (including phenoxy) is 1. The van der Waals surface area contributed by atoms with Gasteiger partial charge in [0.15, 0.2) is 8.32 Å². The van der Waals surface area contributed by atoms with E-state index >= 15 is 0 Å². The standard InChI is InChI=1S/C34H47IN2O3Si/c1-34(2,3)41(5,6)40-31-17-14-26(15-18-31)33(38)37(30-9-7-8-29(35)21-30)23-24-10-12-25(13-11-24)27-16-19-32(39-4)28(20-27)22-36/h7-9,16,19-21,24-26,31H,10-15,17-18,23H2,1-6H3. The van der Waals surface area contributed by atoms with Crippen LogP contribution in [0, 0.1) is 26.7 Å². The van der Waals surface area contributed by atoms with Crippen molar-refractivity contribution in [2.45, 2.75) is 102 Å². The number of nitrogens with zero attached hydrogens (tertiary/aromatic N) is 2. The maximum atomic E-state index is 14.1. The number of rotatable bonds is 8. The van der Waals surface area contributed by atoms with E-state index in [2.05, 4.69) is 97.8 Å². The van der Waals surface area contributed by atoms with Crippen LogP contribution in [0.3, 0.4) is 0 Å². The third-order valence-electron chi connectivity index (χ3n) is 9.78. The van der Waals surface area contributed by atoms with Gasteiger partial charge in [-0.2, -0.15) is 5.26 Å². The van der Waals surface area contributed by atoms with Crippen molar-refractivity contribution in [2.24, 2.45) is 11.8 Å². The number of benzene rings is 2. The van der Waals surface area contributed by atoms with E-state index in [9.17, 15) is 10.1 Å². The lowest BCUT2D eigenvalue weighted by Gasteiger charge is -2.41. The smallest absolute Gasteiger partial charge is 0.230 e. The fourth-order valence-electron chi connectivity index (χ4n) is 6.21. The van der Waals surface area contributed by atoms with Crippen LogP contribution in [0.1, 0.15) is 89.2 Å². The fourth-order valence-corrected chi connectivity index (χ4v) is 8.16. The van der Waals surface area contributed by atoms with Crippen LogP contribution >= 0.6 is 22.6 Å². The Kier molecular flexibility index (Phi) is 10.6. The van der Waals surface area contributed by atoms with E-state index in [1.165, 1.54) is 5.56 Å². The maximum absolute atomic E-state index is 14.1. The number of methoxy groups -OCH3 is 1. The first-order valence-electron chi connectivity index (χ1n) is 15.2. The molecule has 2 aromatic rings. The highest BCUT2D eigenvalue weighted by Gasteiger charge is 2.41. The van der Waals surface area contributed by atoms with Gasteiger partial charge in [-0.05, 0) is 140 Å². The van der Waals surface area contributed by atoms with Crippen molar-refractivity contribution in [3.05, 3.63) is 57.2 Å². The predicted molar refractivity (Wildman–Crippen MR) is 178 cm³/mol. The zero-order valence-electron chi connectivity index (χ0n) is 25.7. The Bertz CT molecular complexity index is 1240. The fraction of sp³-hybridized carbons (Fsp3) is 0.588. The third kappa shape index (κ3) is 7.94. The molecule has 4 rings (SSSR count). The topological polar surface area (TPSA) is 62.6 Å². The van der Waals surface area contributed by atoms with Gasteiger partial charge in [0.2, 0.25) is 5.91 Å². The minimum atomic E-state index is -1.81. The maximum Gasteiger partial charge on any atom is 0.230 e. The number of halogens is 1. The summed E-state index contributed by atoms with van der Waals surface area (Å²) < 4.78 is 13.2. The second-order valence-corrected chi connectivity index (χ2v) is 19.6. The van der Waals surface area contributed by atoms with Crippen molar-refractivity contribution in [3.8, 4) is 11.8 Å². The first-order valence-corrected chi connectivity index (χ1v) is 19.2. The summed E-state index contributed by atoms with van der Waals surface area (Å²) in [5.41, 5.74) is 2.85. The Morgan fingerprint density at radius 1 is 1.02 bits per heavy atom. The highest BCUT2D eigenvalue weighted by Crippen LogP contribution is 2.41. The number of carbonyl (C=O) groups is 1. The molecule has 0 heterocycles. The molecule has 0 N–H and O–H groups in total. The van der Waals surface area contributed by atoms with E-state index in [0.717, 1.165) is 67.2 Å². The molecule has 0 unspecified atom stereocenters. The second kappa shape index (κ2) is 13.6. The molecule has 1 amide bonds. The molecule has 0 atom stereocenters. The Morgan fingerprint density at radius 2 is 1.71 bits per heavy atom. The molecule has 0 radical (unpaired) electrons. The molecular formula is C34H47IN2O3Si. The van der Waals surface area contributed by atoms with Gasteiger partial charge < -0.3 is 14.1 Å². The predicted octanol–water partition coefficient (Wildman–Crippen LogP) is 9.06. The van der Waals surface area contributed by atoms with Crippen molar-refractivity contribution in [1.82, 2.24) is 0 Å². The molecule has 2 fully saturated rings. The monoisotopic (exact) mass is 686 g/mol. The molecule has 0 aromatic heterocycles. The average Bonchev–Trinajstić information content (AvgIpc) is 2.95. The zero-order chi connectivity index (χ0) is 29.8. The minimum Gasteiger partial charge on any atom is -0.495 e. The van der Waals surface area contributed by atoms with E-state index in [4.69, 9.17) is 9.16 Å². The van der Waals surface area contributed by atoms with E-state index in [1.54, 1.807) is 7.11 Å². The molecule has 41 heavy (non-hydrogen) atoms. The minimum absolute atomic E-state index is 0.0622. The Morgan fingerprint density at radius 3 is 2.29 bits per heavy atom. The van der Waals surface area contributed by atoms with Crippen molar-refractivity contribution < 1.29 is 14.0 Å². The van der Waals surface area contributed by atoms with Crippen LogP contribution in [0.5, 0.6) is 5.75 Å². The largest absolute Gasteiger partial charge is 0.495 e. The molecule has 222 valence electrons. The summed E-state index contributed by atoms with van der Waals surface area (Å²) in [5.74, 6) is 1.90. The van der Waals surface area contributed by atoms with Crippen molar-refractivity contribution in [2.75, 3.05) is 18.6 Å². The average molecular weight is 687 g/mol. The Balaban J connectivity index is 1.41. The highest BCUT2D eigenvalue weighted by atomic mass is 127. The van der Waals surface area contributed by atoms with Crippen LogP contribution in [0.4, 0.5) is 5.69 Å². The third-order valence-corrected chi connectivity index (χ3v) is 15.0. The first-order chi connectivity index (χ1) is 19.4. The van der Waals surface area contributed by atoms with Crippen LogP contribution in [0.2, 0.25) is 18.1 Å². The van der Waals surface area contributed by atoms with Gasteiger partial charge in [0.05, 0.1) is 12.7 Å². The molecule has 0 bridgehead atoms. The SMILES string of the molecule is COc1ccc(C2CCC(CN(C(=O)C3CCC(O[Si](C)(C)C(C)(C)C)CC3)c3cccc(I)c3)CC2)cc1C#N. The van der Waals surface area contributed by atoms with Crippen molar-refractivity contribution in [3.63, 3.8) is 0 Å². The number of nitriles is 1. The summed E-state index contributed by atoms with van der Waals surface area (Å²) in [6.07, 6.45) is 8.35. The zero-order valence-corrected chi connectivity index (χ0v) is 28.9. The van der Waals surface area contributed by atoms with Crippen LogP contribution in [0.15, 0.2) is 42.5 Å². The molecular weight excluding hydrogens is 639 g/mol. The van der Waals surface area contributed by atoms with Gasteiger partial charge in [0, 0.05) is 27.8 Å². The molecule has 0 spiro atoms. The van der Waals surface area contributed by atoms with Gasteiger partial charge in [-0.15, -0.1) is 0 Å². The summed E-state index contributed by atoms with van der Waals surface area (Å²) in [6.45, 7) is 12.3. The first kappa shape index (κ1) is 32.0. The van der Waals surface area contributed by atoms with Gasteiger partial charge >= 0.3 is 0 Å². The molecule has 7 heteroatoms. The number of hydrogen-bond donors (Lipinski definition) is 0. The molecule has 2 saturated carbocycles. The van der Waals surface area contributed by atoms with Crippen molar-refractivity contribution in [1.29, 1.82) is 5.26 Å². The molecule has 0 aliphatic heterocycles. The van der Waals surface area contributed by atoms with E-state index in [1.807, 2.05) is 12.1 Å². The van der Waals surface area contributed by atoms with Gasteiger partial charge in [-0.25, -0.2) is 0 Å². The summed E-state index contributed by atoms with van der Waals surface area (Å²) >= 11 is 2.35. The van der Waals surface area contributed by atoms with Crippen LogP contribution in [0.25, 0.3) is 0 Å². The summed E-state index contributed by atoms with van der Waals surface area (Å²) in [4.78, 5) is 16.2. The summed E-state index contributed by atoms with van der Waals surface area (Å²) in [6, 6.07) is 16.7. The Labute approximate surface area is 262 Å². The lowest BCUT2D eigenvalue weighted by Crippen LogP contribution is -2.46. The number of hydrogen-bond acceptors (Lipinski definition) is 4. The molecule has 2 aliphatic rings. The van der Waals surface area contributed by atoms with Gasteiger partial charge in [0.1, 0.15) is 11.8 Å². The van der Waals surface area contributed by atoms with Gasteiger partial charge in [0.25, 0.3) is 0 Å². The van der Waals surface area contributed by atoms with Gasteiger partial charge in [-0.3, -0.25) is 4.79 Å². The van der Waals surface area contributed by atoms with E-state index < -0.39 is 8.32 Å². The van der Waals surface area contributed by atoms with E-state index in [-0.39, 0.29) is 23.0 Å². The van der Waals surface area contributed by atoms with E-state index in [0.29, 0.717) is 23.1 Å². The molecule has 0 saturated heterocycles. The number of amides is 1. The molecule has 5 nitrogen and oxygen atoms in total. The summed E-state index contributed by atoms with van der Waals surface area (Å²) in [5, 5.41) is 9.72. The number of carbonyl (C=O) groups excluding carboxylic acids is 1. The Hall–Kier alpha value is -1.89. The summed E-state index contributed by atoms with van der Waals surface area (Å²) in [7, 11) is -0.203. The van der Waals surface area contributed by atoms with Crippen LogP contribution in [-0.4, -0.2) is 34.0 Å². The normalized spacial score (nSPS) is 23.5.